The van der Waals surface area contributed by atoms with Crippen molar-refractivity contribution in [3.8, 4) is 5.75 Å². The second-order valence-electron chi connectivity index (χ2n) is 4.37. The number of phenolic OH excluding ortho intramolecular Hbond substituents is 1. The Bertz CT molecular complexity index is 644. The van der Waals surface area contributed by atoms with Crippen molar-refractivity contribution in [2.45, 2.75) is 6.04 Å². The molecule has 0 aromatic heterocycles. The Morgan fingerprint density at radius 3 is 1.95 bits per heavy atom. The fourth-order valence-electron chi connectivity index (χ4n) is 2.23. The second kappa shape index (κ2) is 4.24. The largest absolute Gasteiger partial charge is 0.506 e. The minimum absolute atomic E-state index is 0.0130. The monoisotopic (exact) mass is 253 g/mol. The molecular weight excluding hydrogens is 242 g/mol. The lowest BCUT2D eigenvalue weighted by Gasteiger charge is -2.12. The molecule has 0 saturated heterocycles. The minimum atomic E-state index is -0.953. The average molecular weight is 253 g/mol. The molecule has 0 amide bonds. The van der Waals surface area contributed by atoms with Crippen LogP contribution in [0, 0.1) is 0 Å². The average Bonchev–Trinajstić information content (AvgIpc) is 2.67. The minimum Gasteiger partial charge on any atom is -0.506 e. The molecule has 4 nitrogen and oxygen atoms in total. The van der Waals surface area contributed by atoms with Crippen molar-refractivity contribution in [2.24, 2.45) is 0 Å². The van der Waals surface area contributed by atoms with E-state index in [4.69, 9.17) is 0 Å². The van der Waals surface area contributed by atoms with Crippen LogP contribution < -0.4 is 5.32 Å². The highest BCUT2D eigenvalue weighted by molar-refractivity contribution is 6.30. The third-order valence-corrected chi connectivity index (χ3v) is 3.19. The lowest BCUT2D eigenvalue weighted by Crippen LogP contribution is -2.31. The Morgan fingerprint density at radius 2 is 1.37 bits per heavy atom. The van der Waals surface area contributed by atoms with Gasteiger partial charge in [0.05, 0.1) is 5.69 Å². The molecule has 94 valence electrons. The molecule has 0 heterocycles. The van der Waals surface area contributed by atoms with E-state index in [9.17, 15) is 14.7 Å². The quantitative estimate of drug-likeness (QED) is 0.636. The molecule has 0 bridgehead atoms. The number of nitrogens with one attached hydrogen (secondary N) is 1. The Labute approximate surface area is 109 Å². The van der Waals surface area contributed by atoms with E-state index in [1.807, 2.05) is 0 Å². The maximum absolute atomic E-state index is 12.2. The number of ketones is 2. The van der Waals surface area contributed by atoms with Gasteiger partial charge in [0.25, 0.3) is 0 Å². The van der Waals surface area contributed by atoms with E-state index in [2.05, 4.69) is 5.32 Å². The predicted molar refractivity (Wildman–Crippen MR) is 70.6 cm³/mol. The van der Waals surface area contributed by atoms with Crippen LogP contribution in [0.4, 0.5) is 5.69 Å². The molecule has 19 heavy (non-hydrogen) atoms. The SMILES string of the molecule is O=C1c2ccccc2C(=O)C1Nc1ccccc1O. The van der Waals surface area contributed by atoms with Crippen LogP contribution in [-0.2, 0) is 0 Å². The fraction of sp³-hybridized carbons (Fsp3) is 0.0667. The summed E-state index contributed by atoms with van der Waals surface area (Å²) in [6, 6.07) is 12.3. The zero-order valence-electron chi connectivity index (χ0n) is 9.96. The number of phenols is 1. The molecule has 0 aliphatic heterocycles. The second-order valence-corrected chi connectivity index (χ2v) is 4.37. The van der Waals surface area contributed by atoms with E-state index in [-0.39, 0.29) is 17.3 Å². The van der Waals surface area contributed by atoms with Crippen molar-refractivity contribution in [2.75, 3.05) is 5.32 Å². The molecule has 2 aromatic rings. The Balaban J connectivity index is 1.95. The number of hydrogen-bond acceptors (Lipinski definition) is 4. The predicted octanol–water partition coefficient (Wildman–Crippen LogP) is 2.25. The lowest BCUT2D eigenvalue weighted by molar-refractivity contribution is 0.0904. The summed E-state index contributed by atoms with van der Waals surface area (Å²) < 4.78 is 0. The van der Waals surface area contributed by atoms with E-state index in [1.165, 1.54) is 6.07 Å². The van der Waals surface area contributed by atoms with E-state index in [0.717, 1.165) is 0 Å². The number of carbonyl (C=O) groups is 2. The zero-order valence-corrected chi connectivity index (χ0v) is 9.96. The number of para-hydroxylation sites is 2. The van der Waals surface area contributed by atoms with Gasteiger partial charge in [0.2, 0.25) is 0 Å². The molecule has 0 spiro atoms. The molecule has 2 aromatic carbocycles. The molecule has 2 N–H and O–H groups in total. The van der Waals surface area contributed by atoms with Gasteiger partial charge in [-0.05, 0) is 12.1 Å². The maximum atomic E-state index is 12.2. The first kappa shape index (κ1) is 11.5. The summed E-state index contributed by atoms with van der Waals surface area (Å²) in [4.78, 5) is 24.3. The summed E-state index contributed by atoms with van der Waals surface area (Å²) in [6.07, 6.45) is 0. The van der Waals surface area contributed by atoms with Crippen LogP contribution in [0.25, 0.3) is 0 Å². The van der Waals surface area contributed by atoms with Gasteiger partial charge in [0, 0.05) is 11.1 Å². The molecule has 0 atom stereocenters. The topological polar surface area (TPSA) is 66.4 Å². The molecule has 0 unspecified atom stereocenters. The number of carbonyl (C=O) groups excluding carboxylic acids is 2. The van der Waals surface area contributed by atoms with E-state index < -0.39 is 6.04 Å². The van der Waals surface area contributed by atoms with Gasteiger partial charge >= 0.3 is 0 Å². The van der Waals surface area contributed by atoms with Crippen molar-refractivity contribution >= 4 is 17.3 Å². The molecule has 0 fully saturated rings. The summed E-state index contributed by atoms with van der Waals surface area (Å²) in [5, 5.41) is 12.5. The van der Waals surface area contributed by atoms with Gasteiger partial charge in [-0.25, -0.2) is 0 Å². The zero-order chi connectivity index (χ0) is 13.4. The maximum Gasteiger partial charge on any atom is 0.193 e. The van der Waals surface area contributed by atoms with Crippen molar-refractivity contribution in [3.05, 3.63) is 59.7 Å². The first-order valence-electron chi connectivity index (χ1n) is 5.90. The Morgan fingerprint density at radius 1 is 0.842 bits per heavy atom. The molecular formula is C15H11NO3. The molecule has 0 radical (unpaired) electrons. The van der Waals surface area contributed by atoms with Crippen LogP contribution >= 0.6 is 0 Å². The van der Waals surface area contributed by atoms with Crippen molar-refractivity contribution < 1.29 is 14.7 Å². The first-order chi connectivity index (χ1) is 9.18. The highest BCUT2D eigenvalue weighted by Gasteiger charge is 2.38. The molecule has 4 heteroatoms. The van der Waals surface area contributed by atoms with Crippen molar-refractivity contribution in [1.82, 2.24) is 0 Å². The van der Waals surface area contributed by atoms with Crippen LogP contribution in [-0.4, -0.2) is 22.7 Å². The fourth-order valence-corrected chi connectivity index (χ4v) is 2.23. The van der Waals surface area contributed by atoms with Crippen LogP contribution in [0.5, 0.6) is 5.75 Å². The van der Waals surface area contributed by atoms with Gasteiger partial charge in [-0.2, -0.15) is 0 Å². The van der Waals surface area contributed by atoms with Crippen molar-refractivity contribution in [3.63, 3.8) is 0 Å². The number of hydrogen-bond donors (Lipinski definition) is 2. The standard InChI is InChI=1S/C15H11NO3/c17-12-8-4-3-7-11(12)16-13-14(18)9-5-1-2-6-10(9)15(13)19/h1-8,13,16-17H. The van der Waals surface area contributed by atoms with Crippen LogP contribution in [0.3, 0.4) is 0 Å². The Hall–Kier alpha value is -2.62. The first-order valence-corrected chi connectivity index (χ1v) is 5.90. The number of benzene rings is 2. The van der Waals surface area contributed by atoms with Gasteiger partial charge in [0.15, 0.2) is 17.6 Å². The summed E-state index contributed by atoms with van der Waals surface area (Å²) in [7, 11) is 0. The smallest absolute Gasteiger partial charge is 0.193 e. The van der Waals surface area contributed by atoms with Crippen LogP contribution in [0.2, 0.25) is 0 Å². The summed E-state index contributed by atoms with van der Waals surface area (Å²) >= 11 is 0. The van der Waals surface area contributed by atoms with Crippen LogP contribution in [0.15, 0.2) is 48.5 Å². The van der Waals surface area contributed by atoms with Gasteiger partial charge in [-0.15, -0.1) is 0 Å². The highest BCUT2D eigenvalue weighted by atomic mass is 16.3. The molecule has 1 aliphatic rings. The van der Waals surface area contributed by atoms with Gasteiger partial charge in [-0.3, -0.25) is 9.59 Å². The normalized spacial score (nSPS) is 14.5. The number of Topliss-reactive ketones (excluding diaryl/α,β-unsaturated/α-hetero) is 2. The molecule has 3 rings (SSSR count). The van der Waals surface area contributed by atoms with Gasteiger partial charge in [0.1, 0.15) is 5.75 Å². The molecule has 0 saturated carbocycles. The van der Waals surface area contributed by atoms with E-state index >= 15 is 0 Å². The summed E-state index contributed by atoms with van der Waals surface area (Å²) in [5.41, 5.74) is 1.24. The van der Waals surface area contributed by atoms with E-state index in [0.29, 0.717) is 16.8 Å². The molecule has 1 aliphatic carbocycles. The third kappa shape index (κ3) is 1.78. The Kier molecular flexibility index (Phi) is 2.56. The third-order valence-electron chi connectivity index (χ3n) is 3.19. The van der Waals surface area contributed by atoms with Crippen LogP contribution in [0.1, 0.15) is 20.7 Å². The highest BCUT2D eigenvalue weighted by Crippen LogP contribution is 2.28. The van der Waals surface area contributed by atoms with Gasteiger partial charge < -0.3 is 10.4 Å². The van der Waals surface area contributed by atoms with Gasteiger partial charge in [-0.1, -0.05) is 36.4 Å². The number of rotatable bonds is 2. The number of aromatic hydroxyl groups is 1. The van der Waals surface area contributed by atoms with Crippen molar-refractivity contribution in [1.29, 1.82) is 0 Å². The van der Waals surface area contributed by atoms with E-state index in [1.54, 1.807) is 42.5 Å². The number of anilines is 1. The lowest BCUT2D eigenvalue weighted by atomic mass is 10.1. The number of fused-ring (bicyclic) bond motifs is 1. The summed E-state index contributed by atoms with van der Waals surface area (Å²) in [5.74, 6) is -0.508. The summed E-state index contributed by atoms with van der Waals surface area (Å²) in [6.45, 7) is 0.